The highest BCUT2D eigenvalue weighted by molar-refractivity contribution is 5.47. The third-order valence-electron chi connectivity index (χ3n) is 10.4. The van der Waals surface area contributed by atoms with Gasteiger partial charge >= 0.3 is 0 Å². The van der Waals surface area contributed by atoms with Crippen molar-refractivity contribution in [3.05, 3.63) is 144 Å². The average molecular weight is 653 g/mol. The molecule has 0 unspecified atom stereocenters. The van der Waals surface area contributed by atoms with E-state index in [1.807, 2.05) is 48.5 Å². The summed E-state index contributed by atoms with van der Waals surface area (Å²) in [4.78, 5) is 0. The molecule has 0 amide bonds. The van der Waals surface area contributed by atoms with Gasteiger partial charge in [-0.3, -0.25) is 0 Å². The minimum Gasteiger partial charge on any atom is -0.457 e. The lowest BCUT2D eigenvalue weighted by atomic mass is 9.62. The van der Waals surface area contributed by atoms with Crippen molar-refractivity contribution >= 4 is 11.4 Å². The lowest BCUT2D eigenvalue weighted by Gasteiger charge is -2.41. The van der Waals surface area contributed by atoms with E-state index in [9.17, 15) is 0 Å². The van der Waals surface area contributed by atoms with Crippen LogP contribution in [0.1, 0.15) is 93.4 Å². The molecule has 254 valence electrons. The minimum atomic E-state index is -0.0725. The maximum Gasteiger partial charge on any atom is 0.127 e. The van der Waals surface area contributed by atoms with Gasteiger partial charge in [-0.15, -0.1) is 0 Å². The van der Waals surface area contributed by atoms with Crippen LogP contribution in [0, 0.1) is 5.92 Å². The molecule has 0 heterocycles. The Balaban J connectivity index is 1.14. The fourth-order valence-corrected chi connectivity index (χ4v) is 7.43. The van der Waals surface area contributed by atoms with Crippen molar-refractivity contribution in [1.29, 1.82) is 0 Å². The van der Waals surface area contributed by atoms with Crippen LogP contribution in [0.4, 0.5) is 11.4 Å². The second-order valence-electron chi connectivity index (χ2n) is 14.0. The lowest BCUT2D eigenvalue weighted by molar-refractivity contribution is 0.264. The zero-order valence-corrected chi connectivity index (χ0v) is 29.1. The van der Waals surface area contributed by atoms with Crippen molar-refractivity contribution in [1.82, 2.24) is 0 Å². The van der Waals surface area contributed by atoms with Gasteiger partial charge in [0.05, 0.1) is 0 Å². The van der Waals surface area contributed by atoms with Gasteiger partial charge in [0.1, 0.15) is 23.0 Å². The maximum atomic E-state index is 6.15. The van der Waals surface area contributed by atoms with Crippen molar-refractivity contribution in [2.24, 2.45) is 5.92 Å². The van der Waals surface area contributed by atoms with Crippen LogP contribution in [0.15, 0.2) is 121 Å². The third-order valence-corrected chi connectivity index (χ3v) is 10.4. The smallest absolute Gasteiger partial charge is 0.127 e. The molecule has 1 saturated carbocycles. The van der Waals surface area contributed by atoms with E-state index in [0.29, 0.717) is 5.92 Å². The highest BCUT2D eigenvalue weighted by atomic mass is 16.5. The van der Waals surface area contributed by atoms with Crippen molar-refractivity contribution in [2.45, 2.75) is 89.4 Å². The number of rotatable bonds is 15. The van der Waals surface area contributed by atoms with Crippen LogP contribution in [-0.4, -0.2) is 0 Å². The van der Waals surface area contributed by atoms with Gasteiger partial charge in [0, 0.05) is 16.8 Å². The quantitative estimate of drug-likeness (QED) is 0.0872. The Labute approximate surface area is 293 Å². The molecule has 49 heavy (non-hydrogen) atoms. The van der Waals surface area contributed by atoms with Crippen LogP contribution >= 0.6 is 0 Å². The van der Waals surface area contributed by atoms with E-state index < -0.39 is 0 Å². The van der Waals surface area contributed by atoms with E-state index in [2.05, 4.69) is 79.7 Å². The molecule has 0 bridgehead atoms. The van der Waals surface area contributed by atoms with Gasteiger partial charge in [-0.25, -0.2) is 0 Å². The number of nitrogen functional groups attached to an aromatic ring is 2. The molecular weight excluding hydrogens is 601 g/mol. The van der Waals surface area contributed by atoms with E-state index in [1.165, 1.54) is 80.0 Å². The Bertz CT molecular complexity index is 1610. The summed E-state index contributed by atoms with van der Waals surface area (Å²) in [6.45, 7) is 2.28. The molecule has 4 heteroatoms. The van der Waals surface area contributed by atoms with Gasteiger partial charge in [-0.2, -0.15) is 0 Å². The summed E-state index contributed by atoms with van der Waals surface area (Å²) in [5.41, 5.74) is 18.7. The van der Waals surface area contributed by atoms with Gasteiger partial charge in [0.15, 0.2) is 0 Å². The van der Waals surface area contributed by atoms with Crippen LogP contribution in [0.3, 0.4) is 0 Å². The van der Waals surface area contributed by atoms with E-state index >= 15 is 0 Å². The summed E-state index contributed by atoms with van der Waals surface area (Å²) in [5, 5.41) is 0. The van der Waals surface area contributed by atoms with E-state index in [0.717, 1.165) is 53.6 Å². The zero-order valence-electron chi connectivity index (χ0n) is 29.1. The van der Waals surface area contributed by atoms with Gasteiger partial charge in [-0.05, 0) is 146 Å². The maximum absolute atomic E-state index is 6.15. The molecule has 1 fully saturated rings. The molecule has 4 nitrogen and oxygen atoms in total. The largest absolute Gasteiger partial charge is 0.457 e. The van der Waals surface area contributed by atoms with Crippen molar-refractivity contribution in [3.63, 3.8) is 0 Å². The first kappa shape index (κ1) is 34.2. The van der Waals surface area contributed by atoms with Crippen LogP contribution in [0.25, 0.3) is 0 Å². The predicted octanol–water partition coefficient (Wildman–Crippen LogP) is 12.1. The van der Waals surface area contributed by atoms with Crippen molar-refractivity contribution in [3.8, 4) is 23.0 Å². The molecule has 0 aliphatic heterocycles. The highest BCUT2D eigenvalue weighted by Crippen LogP contribution is 2.48. The first-order valence-corrected chi connectivity index (χ1v) is 18.3. The molecule has 0 saturated heterocycles. The summed E-state index contributed by atoms with van der Waals surface area (Å²) in [5.74, 6) is 3.89. The number of nitrogens with two attached hydrogens (primary N) is 2. The second kappa shape index (κ2) is 16.6. The Morgan fingerprint density at radius 1 is 0.510 bits per heavy atom. The number of anilines is 2. The Kier molecular flexibility index (Phi) is 11.6. The zero-order chi connectivity index (χ0) is 33.9. The van der Waals surface area contributed by atoms with Crippen molar-refractivity contribution in [2.75, 3.05) is 11.5 Å². The van der Waals surface area contributed by atoms with Gasteiger partial charge in [0.25, 0.3) is 0 Å². The van der Waals surface area contributed by atoms with E-state index in [1.54, 1.807) is 0 Å². The third kappa shape index (κ3) is 9.26. The Hall–Kier alpha value is -4.70. The second-order valence-corrected chi connectivity index (χ2v) is 14.0. The normalized spacial score (nSPS) is 14.4. The molecule has 4 N–H and O–H groups in total. The summed E-state index contributed by atoms with van der Waals surface area (Å²) in [6.07, 6.45) is 15.0. The Morgan fingerprint density at radius 2 is 0.918 bits per heavy atom. The number of benzene rings is 5. The number of aryl methyl sites for hydroxylation is 1. The molecule has 0 spiro atoms. The van der Waals surface area contributed by atoms with Crippen LogP contribution in [-0.2, 0) is 18.3 Å². The Morgan fingerprint density at radius 3 is 1.39 bits per heavy atom. The van der Waals surface area contributed by atoms with Gasteiger partial charge in [0.2, 0.25) is 0 Å². The van der Waals surface area contributed by atoms with Crippen LogP contribution in [0.2, 0.25) is 0 Å². The first-order chi connectivity index (χ1) is 24.0. The summed E-state index contributed by atoms with van der Waals surface area (Å²) >= 11 is 0. The number of ether oxygens (including phenoxy) is 2. The number of unbranched alkanes of at least 4 members (excludes halogenated alkanes) is 5. The lowest BCUT2D eigenvalue weighted by Crippen LogP contribution is -2.33. The SMILES string of the molecule is CCCCCCCCc1ccc(CC2CCC(c3ccc(Oc4ccc(N)cc4)cc3)(c3ccc(Oc4ccc(N)cc4)cc3)CC2)cc1. The van der Waals surface area contributed by atoms with Gasteiger partial charge in [-0.1, -0.05) is 87.6 Å². The predicted molar refractivity (Wildman–Crippen MR) is 205 cm³/mol. The van der Waals surface area contributed by atoms with E-state index in [-0.39, 0.29) is 5.41 Å². The molecule has 0 radical (unpaired) electrons. The first-order valence-electron chi connectivity index (χ1n) is 18.3. The van der Waals surface area contributed by atoms with Crippen LogP contribution in [0.5, 0.6) is 23.0 Å². The molecule has 5 aromatic carbocycles. The fraction of sp³-hybridized carbons (Fsp3) is 0.333. The topological polar surface area (TPSA) is 70.5 Å². The minimum absolute atomic E-state index is 0.0725. The fourth-order valence-electron chi connectivity index (χ4n) is 7.43. The molecule has 1 aliphatic rings. The molecular formula is C45H52N2O2. The molecule has 5 aromatic rings. The number of hydrogen-bond donors (Lipinski definition) is 2. The molecule has 0 atom stereocenters. The summed E-state index contributed by atoms with van der Waals surface area (Å²) in [7, 11) is 0. The van der Waals surface area contributed by atoms with E-state index in [4.69, 9.17) is 20.9 Å². The van der Waals surface area contributed by atoms with Gasteiger partial charge < -0.3 is 20.9 Å². The summed E-state index contributed by atoms with van der Waals surface area (Å²) in [6, 6.07) is 42.0. The highest BCUT2D eigenvalue weighted by Gasteiger charge is 2.38. The summed E-state index contributed by atoms with van der Waals surface area (Å²) < 4.78 is 12.3. The number of hydrogen-bond acceptors (Lipinski definition) is 4. The molecule has 1 aliphatic carbocycles. The molecule has 6 rings (SSSR count). The van der Waals surface area contributed by atoms with Crippen LogP contribution < -0.4 is 20.9 Å². The van der Waals surface area contributed by atoms with Crippen molar-refractivity contribution < 1.29 is 9.47 Å². The average Bonchev–Trinajstić information content (AvgIpc) is 3.13. The monoisotopic (exact) mass is 652 g/mol. The standard InChI is InChI=1S/C45H52N2O2/c1-2-3-4-5-6-7-8-34-9-11-35(12-10-34)33-36-29-31-45(32-30-36,37-13-21-41(22-14-37)48-43-25-17-39(46)18-26-43)38-15-23-42(24-16-38)49-44-27-19-40(47)20-28-44/h9-28,36H,2-8,29-33,46-47H2,1H3. The molecule has 0 aromatic heterocycles.